The molecule has 4 nitrogen and oxygen atoms in total. The van der Waals surface area contributed by atoms with Gasteiger partial charge in [-0.05, 0) is 12.8 Å². The highest BCUT2D eigenvalue weighted by atomic mass is 19.3. The molecule has 0 aromatic rings. The average Bonchev–Trinajstić information content (AvgIpc) is 2.69. The van der Waals surface area contributed by atoms with Crippen molar-refractivity contribution >= 4 is 5.96 Å². The van der Waals surface area contributed by atoms with Crippen LogP contribution in [0.2, 0.25) is 0 Å². The van der Waals surface area contributed by atoms with Gasteiger partial charge in [-0.15, -0.1) is 0 Å². The van der Waals surface area contributed by atoms with E-state index < -0.39 is 12.0 Å². The minimum absolute atomic E-state index is 0.326. The molecule has 6 heteroatoms. The van der Waals surface area contributed by atoms with Gasteiger partial charge < -0.3 is 5.73 Å². The van der Waals surface area contributed by atoms with Crippen LogP contribution in [0.3, 0.4) is 0 Å². The minimum Gasteiger partial charge on any atom is -0.368 e. The lowest BCUT2D eigenvalue weighted by Crippen LogP contribution is -2.32. The van der Waals surface area contributed by atoms with E-state index in [1.165, 1.54) is 5.48 Å². The van der Waals surface area contributed by atoms with Crippen molar-refractivity contribution in [2.24, 2.45) is 10.7 Å². The van der Waals surface area contributed by atoms with Crippen LogP contribution in [0.1, 0.15) is 12.8 Å². The van der Waals surface area contributed by atoms with Crippen molar-refractivity contribution < 1.29 is 14.0 Å². The van der Waals surface area contributed by atoms with Crippen molar-refractivity contribution in [2.75, 3.05) is 0 Å². The number of halogens is 2. The SMILES string of the molecule is NC(=NC1(C(F)F)CC1)NO. The summed E-state index contributed by atoms with van der Waals surface area (Å²) in [5.41, 5.74) is 5.18. The predicted octanol–water partition coefficient (Wildman–Crippen LogP) is 0.0776. The number of nitrogens with zero attached hydrogens (tertiary/aromatic N) is 1. The van der Waals surface area contributed by atoms with E-state index >= 15 is 0 Å². The van der Waals surface area contributed by atoms with Crippen molar-refractivity contribution in [1.82, 2.24) is 5.48 Å². The minimum atomic E-state index is -2.51. The van der Waals surface area contributed by atoms with Crippen LogP contribution in [0.15, 0.2) is 4.99 Å². The average molecular weight is 165 g/mol. The fourth-order valence-electron chi connectivity index (χ4n) is 0.772. The molecule has 0 radical (unpaired) electrons. The van der Waals surface area contributed by atoms with E-state index in [9.17, 15) is 8.78 Å². The molecule has 64 valence electrons. The maximum absolute atomic E-state index is 12.1. The smallest absolute Gasteiger partial charge is 0.263 e. The Kier molecular flexibility index (Phi) is 1.95. The van der Waals surface area contributed by atoms with E-state index in [2.05, 4.69) is 4.99 Å². The molecule has 0 aromatic heterocycles. The molecular formula is C5H9F2N3O. The molecule has 1 saturated carbocycles. The van der Waals surface area contributed by atoms with Gasteiger partial charge in [0.1, 0.15) is 5.54 Å². The first-order valence-electron chi connectivity index (χ1n) is 3.14. The Bertz CT molecular complexity index is 179. The molecular weight excluding hydrogens is 156 g/mol. The van der Waals surface area contributed by atoms with Crippen LogP contribution in [0.5, 0.6) is 0 Å². The normalized spacial score (nSPS) is 22.0. The quantitative estimate of drug-likeness (QED) is 0.308. The first-order valence-corrected chi connectivity index (χ1v) is 3.14. The molecule has 0 aliphatic heterocycles. The lowest BCUT2D eigenvalue weighted by Gasteiger charge is -2.08. The zero-order valence-corrected chi connectivity index (χ0v) is 5.72. The van der Waals surface area contributed by atoms with Crippen LogP contribution in [0.25, 0.3) is 0 Å². The zero-order valence-electron chi connectivity index (χ0n) is 5.72. The van der Waals surface area contributed by atoms with Crippen LogP contribution in [-0.4, -0.2) is 23.1 Å². The molecule has 0 saturated heterocycles. The highest BCUT2D eigenvalue weighted by molar-refractivity contribution is 5.77. The standard InChI is InChI=1S/C5H9F2N3O/c6-3(7)5(1-2-5)9-4(8)10-11/h3,11H,1-2H2,(H3,8,9,10). The van der Waals surface area contributed by atoms with Crippen LogP contribution >= 0.6 is 0 Å². The van der Waals surface area contributed by atoms with Gasteiger partial charge in [-0.1, -0.05) is 0 Å². The molecule has 1 aliphatic rings. The Balaban J connectivity index is 2.60. The molecule has 0 atom stereocenters. The molecule has 0 amide bonds. The van der Waals surface area contributed by atoms with Gasteiger partial charge in [0.05, 0.1) is 0 Å². The van der Waals surface area contributed by atoms with Gasteiger partial charge in [-0.3, -0.25) is 5.21 Å². The topological polar surface area (TPSA) is 70.6 Å². The van der Waals surface area contributed by atoms with Gasteiger partial charge in [0.15, 0.2) is 0 Å². The molecule has 0 aromatic carbocycles. The number of hydroxylamine groups is 1. The molecule has 4 N–H and O–H groups in total. The van der Waals surface area contributed by atoms with Gasteiger partial charge in [-0.2, -0.15) is 0 Å². The van der Waals surface area contributed by atoms with Crippen LogP contribution in [0.4, 0.5) is 8.78 Å². The molecule has 1 aliphatic carbocycles. The Labute approximate surface area is 62.1 Å². The highest BCUT2D eigenvalue weighted by Crippen LogP contribution is 2.44. The molecule has 0 heterocycles. The Hall–Kier alpha value is -0.910. The number of guanidine groups is 1. The molecule has 1 fully saturated rings. The monoisotopic (exact) mass is 165 g/mol. The third kappa shape index (κ3) is 1.56. The molecule has 0 bridgehead atoms. The number of aliphatic imine (C=N–C) groups is 1. The number of alkyl halides is 2. The van der Waals surface area contributed by atoms with Gasteiger partial charge in [0, 0.05) is 0 Å². The van der Waals surface area contributed by atoms with Crippen LogP contribution in [0, 0.1) is 0 Å². The van der Waals surface area contributed by atoms with Crippen molar-refractivity contribution in [2.45, 2.75) is 24.8 Å². The Morgan fingerprint density at radius 2 is 2.18 bits per heavy atom. The number of rotatable bonds is 2. The third-order valence-electron chi connectivity index (χ3n) is 1.63. The van der Waals surface area contributed by atoms with E-state index in [-0.39, 0.29) is 5.96 Å². The summed E-state index contributed by atoms with van der Waals surface area (Å²) in [6.45, 7) is 0. The second-order valence-electron chi connectivity index (χ2n) is 2.51. The maximum atomic E-state index is 12.1. The number of hydrogen-bond donors (Lipinski definition) is 3. The van der Waals surface area contributed by atoms with Crippen molar-refractivity contribution in [1.29, 1.82) is 0 Å². The van der Waals surface area contributed by atoms with E-state index in [0.29, 0.717) is 12.8 Å². The second kappa shape index (κ2) is 2.61. The zero-order chi connectivity index (χ0) is 8.48. The second-order valence-corrected chi connectivity index (χ2v) is 2.51. The summed E-state index contributed by atoms with van der Waals surface area (Å²) in [7, 11) is 0. The Morgan fingerprint density at radius 3 is 2.45 bits per heavy atom. The summed E-state index contributed by atoms with van der Waals surface area (Å²) in [6.07, 6.45) is -1.85. The van der Waals surface area contributed by atoms with E-state index in [4.69, 9.17) is 10.9 Å². The fourth-order valence-corrected chi connectivity index (χ4v) is 0.772. The van der Waals surface area contributed by atoms with Crippen molar-refractivity contribution in [3.05, 3.63) is 0 Å². The van der Waals surface area contributed by atoms with Crippen LogP contribution < -0.4 is 11.2 Å². The first kappa shape index (κ1) is 8.19. The number of hydrogen-bond acceptors (Lipinski definition) is 2. The van der Waals surface area contributed by atoms with Gasteiger partial charge >= 0.3 is 0 Å². The lowest BCUT2D eigenvalue weighted by molar-refractivity contribution is 0.105. The van der Waals surface area contributed by atoms with Gasteiger partial charge in [0.25, 0.3) is 6.43 Å². The summed E-state index contributed by atoms with van der Waals surface area (Å²) in [6, 6.07) is 0. The lowest BCUT2D eigenvalue weighted by atomic mass is 10.3. The van der Waals surface area contributed by atoms with Gasteiger partial charge in [-0.25, -0.2) is 19.3 Å². The summed E-state index contributed by atoms with van der Waals surface area (Å²) in [4.78, 5) is 3.42. The number of nitrogens with two attached hydrogens (primary N) is 1. The molecule has 0 unspecified atom stereocenters. The van der Waals surface area contributed by atoms with Crippen LogP contribution in [-0.2, 0) is 0 Å². The van der Waals surface area contributed by atoms with Crippen molar-refractivity contribution in [3.63, 3.8) is 0 Å². The van der Waals surface area contributed by atoms with E-state index in [0.717, 1.165) is 0 Å². The predicted molar refractivity (Wildman–Crippen MR) is 34.5 cm³/mol. The van der Waals surface area contributed by atoms with Gasteiger partial charge in [0.2, 0.25) is 5.96 Å². The fraction of sp³-hybridized carbons (Fsp3) is 0.800. The molecule has 1 rings (SSSR count). The van der Waals surface area contributed by atoms with E-state index in [1.807, 2.05) is 0 Å². The summed E-state index contributed by atoms with van der Waals surface area (Å²) in [5, 5.41) is 8.16. The molecule has 0 spiro atoms. The molecule has 11 heavy (non-hydrogen) atoms. The largest absolute Gasteiger partial charge is 0.368 e. The maximum Gasteiger partial charge on any atom is 0.263 e. The summed E-state index contributed by atoms with van der Waals surface area (Å²) >= 11 is 0. The summed E-state index contributed by atoms with van der Waals surface area (Å²) in [5.74, 6) is -0.359. The first-order chi connectivity index (χ1) is 5.10. The summed E-state index contributed by atoms with van der Waals surface area (Å²) < 4.78 is 24.2. The highest BCUT2D eigenvalue weighted by Gasteiger charge is 2.51. The van der Waals surface area contributed by atoms with Crippen molar-refractivity contribution in [3.8, 4) is 0 Å². The van der Waals surface area contributed by atoms with E-state index in [1.54, 1.807) is 0 Å². The third-order valence-corrected chi connectivity index (χ3v) is 1.63. The Morgan fingerprint density at radius 1 is 1.64 bits per heavy atom. The number of nitrogens with one attached hydrogen (secondary N) is 1.